The molecule has 0 fully saturated rings. The first kappa shape index (κ1) is 14.0. The second kappa shape index (κ2) is 4.22. The molecule has 0 aliphatic carbocycles. The highest BCUT2D eigenvalue weighted by molar-refractivity contribution is 6.30. The van der Waals surface area contributed by atoms with Gasteiger partial charge in [0.15, 0.2) is 5.41 Å². The summed E-state index contributed by atoms with van der Waals surface area (Å²) in [5.41, 5.74) is 4.09. The van der Waals surface area contributed by atoms with Crippen LogP contribution in [0.4, 0.5) is 11.4 Å². The summed E-state index contributed by atoms with van der Waals surface area (Å²) in [5, 5.41) is 0. The molecule has 0 saturated carbocycles. The van der Waals surface area contributed by atoms with E-state index in [4.69, 9.17) is 0 Å². The van der Waals surface area contributed by atoms with Gasteiger partial charge in [-0.25, -0.2) is 0 Å². The number of carbonyl (C=O) groups excluding carboxylic acids is 2. The zero-order chi connectivity index (χ0) is 16.5. The SMILES string of the molecule is Cc1ccc2c(c1)C1(C(=O)N2C)C(=O)N(C)c2ccc(C)cc21. The van der Waals surface area contributed by atoms with Crippen molar-refractivity contribution in [2.75, 3.05) is 23.9 Å². The van der Waals surface area contributed by atoms with Gasteiger partial charge < -0.3 is 9.80 Å². The highest BCUT2D eigenvalue weighted by Crippen LogP contribution is 2.53. The van der Waals surface area contributed by atoms with E-state index in [0.29, 0.717) is 0 Å². The van der Waals surface area contributed by atoms with Crippen LogP contribution in [0.25, 0.3) is 0 Å². The largest absolute Gasteiger partial charge is 0.314 e. The molecule has 1 spiro atoms. The molecule has 23 heavy (non-hydrogen) atoms. The fourth-order valence-corrected chi connectivity index (χ4v) is 3.90. The number of fused-ring (bicyclic) bond motifs is 4. The van der Waals surface area contributed by atoms with Gasteiger partial charge in [-0.15, -0.1) is 0 Å². The number of anilines is 2. The predicted molar refractivity (Wildman–Crippen MR) is 90.0 cm³/mol. The number of amides is 2. The zero-order valence-corrected chi connectivity index (χ0v) is 13.7. The van der Waals surface area contributed by atoms with Crippen molar-refractivity contribution in [1.82, 2.24) is 0 Å². The van der Waals surface area contributed by atoms with E-state index < -0.39 is 5.41 Å². The lowest BCUT2D eigenvalue weighted by Gasteiger charge is -2.22. The molecular weight excluding hydrogens is 288 g/mol. The van der Waals surface area contributed by atoms with Crippen molar-refractivity contribution >= 4 is 23.2 Å². The first-order chi connectivity index (χ1) is 10.9. The fraction of sp³-hybridized carbons (Fsp3) is 0.263. The van der Waals surface area contributed by atoms with Gasteiger partial charge in [0, 0.05) is 36.6 Å². The summed E-state index contributed by atoms with van der Waals surface area (Å²) in [6.45, 7) is 3.97. The van der Waals surface area contributed by atoms with E-state index in [9.17, 15) is 9.59 Å². The van der Waals surface area contributed by atoms with Crippen molar-refractivity contribution in [2.45, 2.75) is 19.3 Å². The molecule has 4 rings (SSSR count). The minimum absolute atomic E-state index is 0.167. The lowest BCUT2D eigenvalue weighted by molar-refractivity contribution is -0.130. The molecule has 0 aromatic heterocycles. The molecule has 116 valence electrons. The molecule has 0 unspecified atom stereocenters. The molecule has 2 aromatic carbocycles. The van der Waals surface area contributed by atoms with Crippen LogP contribution in [0.3, 0.4) is 0 Å². The first-order valence-electron chi connectivity index (χ1n) is 7.67. The van der Waals surface area contributed by atoms with Crippen molar-refractivity contribution in [3.8, 4) is 0 Å². The number of benzene rings is 2. The summed E-state index contributed by atoms with van der Waals surface area (Å²) in [5.74, 6) is -0.335. The van der Waals surface area contributed by atoms with E-state index >= 15 is 0 Å². The van der Waals surface area contributed by atoms with Gasteiger partial charge in [0.25, 0.3) is 11.8 Å². The average molecular weight is 306 g/mol. The standard InChI is InChI=1S/C19H18N2O2/c1-11-5-7-15-13(9-11)19(17(22)20(15)3)14-10-12(2)6-8-16(14)21(4)18(19)23/h5-10H,1-4H3. The smallest absolute Gasteiger partial charge is 0.251 e. The number of hydrogen-bond acceptors (Lipinski definition) is 2. The van der Waals surface area contributed by atoms with Gasteiger partial charge in [0.2, 0.25) is 0 Å². The molecule has 2 aliphatic heterocycles. The minimum Gasteiger partial charge on any atom is -0.314 e. The topological polar surface area (TPSA) is 40.6 Å². The molecule has 2 heterocycles. The van der Waals surface area contributed by atoms with E-state index in [1.54, 1.807) is 23.9 Å². The molecule has 0 N–H and O–H groups in total. The van der Waals surface area contributed by atoms with Crippen LogP contribution in [0.2, 0.25) is 0 Å². The Hall–Kier alpha value is -2.62. The second-order valence-electron chi connectivity index (χ2n) is 6.52. The van der Waals surface area contributed by atoms with Crippen LogP contribution in [0.15, 0.2) is 36.4 Å². The van der Waals surface area contributed by atoms with Gasteiger partial charge in [0.05, 0.1) is 0 Å². The Labute approximate surface area is 135 Å². The minimum atomic E-state index is -1.23. The van der Waals surface area contributed by atoms with E-state index in [0.717, 1.165) is 33.6 Å². The highest BCUT2D eigenvalue weighted by atomic mass is 16.2. The number of likely N-dealkylation sites (N-methyl/N-ethyl adjacent to an activating group) is 2. The molecular formula is C19H18N2O2. The summed E-state index contributed by atoms with van der Waals surface area (Å²) < 4.78 is 0. The van der Waals surface area contributed by atoms with Gasteiger partial charge in [0.1, 0.15) is 0 Å². The maximum Gasteiger partial charge on any atom is 0.251 e. The van der Waals surface area contributed by atoms with Crippen LogP contribution < -0.4 is 9.80 Å². The summed E-state index contributed by atoms with van der Waals surface area (Å²) >= 11 is 0. The molecule has 0 radical (unpaired) electrons. The number of carbonyl (C=O) groups is 2. The van der Waals surface area contributed by atoms with Crippen LogP contribution >= 0.6 is 0 Å². The third-order valence-corrected chi connectivity index (χ3v) is 5.09. The van der Waals surface area contributed by atoms with Crippen LogP contribution in [-0.2, 0) is 15.0 Å². The second-order valence-corrected chi connectivity index (χ2v) is 6.52. The number of aryl methyl sites for hydroxylation is 2. The van der Waals surface area contributed by atoms with Gasteiger partial charge in [-0.1, -0.05) is 35.4 Å². The van der Waals surface area contributed by atoms with Crippen LogP contribution in [0.5, 0.6) is 0 Å². The maximum atomic E-state index is 13.2. The Kier molecular flexibility index (Phi) is 2.57. The normalized spacial score (nSPS) is 17.9. The Bertz CT molecular complexity index is 811. The van der Waals surface area contributed by atoms with Crippen LogP contribution in [0, 0.1) is 13.8 Å². The molecule has 4 nitrogen and oxygen atoms in total. The third-order valence-electron chi connectivity index (χ3n) is 5.09. The number of nitrogens with zero attached hydrogens (tertiary/aromatic N) is 2. The van der Waals surface area contributed by atoms with Crippen molar-refractivity contribution in [3.63, 3.8) is 0 Å². The number of rotatable bonds is 0. The summed E-state index contributed by atoms with van der Waals surface area (Å²) in [6, 6.07) is 11.8. The van der Waals surface area contributed by atoms with Crippen LogP contribution in [0.1, 0.15) is 22.3 Å². The highest BCUT2D eigenvalue weighted by Gasteiger charge is 2.62. The fourth-order valence-electron chi connectivity index (χ4n) is 3.90. The third kappa shape index (κ3) is 1.46. The molecule has 0 atom stereocenters. The molecule has 0 saturated heterocycles. The molecule has 0 bridgehead atoms. The lowest BCUT2D eigenvalue weighted by Crippen LogP contribution is -2.47. The Morgan fingerprint density at radius 3 is 1.52 bits per heavy atom. The van der Waals surface area contributed by atoms with E-state index in [1.165, 1.54) is 0 Å². The Morgan fingerprint density at radius 2 is 1.13 bits per heavy atom. The van der Waals surface area contributed by atoms with Crippen molar-refractivity contribution in [2.24, 2.45) is 0 Å². The van der Waals surface area contributed by atoms with Crippen LogP contribution in [-0.4, -0.2) is 25.9 Å². The van der Waals surface area contributed by atoms with Gasteiger partial charge in [-0.05, 0) is 26.0 Å². The summed E-state index contributed by atoms with van der Waals surface area (Å²) in [6.07, 6.45) is 0. The van der Waals surface area contributed by atoms with E-state index in [-0.39, 0.29) is 11.8 Å². The Balaban J connectivity index is 2.14. The van der Waals surface area contributed by atoms with Gasteiger partial charge >= 0.3 is 0 Å². The molecule has 4 heteroatoms. The van der Waals surface area contributed by atoms with Gasteiger partial charge in [-0.3, -0.25) is 9.59 Å². The monoisotopic (exact) mass is 306 g/mol. The summed E-state index contributed by atoms with van der Waals surface area (Å²) in [7, 11) is 3.48. The lowest BCUT2D eigenvalue weighted by atomic mass is 9.75. The molecule has 2 aromatic rings. The molecule has 2 aliphatic rings. The van der Waals surface area contributed by atoms with E-state index in [1.807, 2.05) is 50.2 Å². The average Bonchev–Trinajstić information content (AvgIpc) is 2.87. The van der Waals surface area contributed by atoms with Crippen molar-refractivity contribution in [3.05, 3.63) is 58.7 Å². The molecule has 2 amide bonds. The first-order valence-corrected chi connectivity index (χ1v) is 7.67. The van der Waals surface area contributed by atoms with Crippen molar-refractivity contribution < 1.29 is 9.59 Å². The predicted octanol–water partition coefficient (Wildman–Crippen LogP) is 2.54. The Morgan fingerprint density at radius 1 is 0.739 bits per heavy atom. The van der Waals surface area contributed by atoms with E-state index in [2.05, 4.69) is 0 Å². The van der Waals surface area contributed by atoms with Crippen molar-refractivity contribution in [1.29, 1.82) is 0 Å². The van der Waals surface area contributed by atoms with Gasteiger partial charge in [-0.2, -0.15) is 0 Å². The quantitative estimate of drug-likeness (QED) is 0.702. The zero-order valence-electron chi connectivity index (χ0n) is 13.7. The summed E-state index contributed by atoms with van der Waals surface area (Å²) in [4.78, 5) is 29.6. The number of hydrogen-bond donors (Lipinski definition) is 0. The maximum absolute atomic E-state index is 13.2.